The van der Waals surface area contributed by atoms with E-state index in [4.69, 9.17) is 4.43 Å². The highest BCUT2D eigenvalue weighted by Crippen LogP contribution is 2.46. The highest BCUT2D eigenvalue weighted by Gasteiger charge is 2.37. The molecule has 1 fully saturated rings. The van der Waals surface area contributed by atoms with Crippen molar-refractivity contribution >= 4 is 10.5 Å². The SMILES string of the molecule is C=C(O[SiH3])C1CC2C=CC1C2. The lowest BCUT2D eigenvalue weighted by atomic mass is 9.92. The number of allylic oxidation sites excluding steroid dienone is 3. The third-order valence-electron chi connectivity index (χ3n) is 2.95. The van der Waals surface area contributed by atoms with Gasteiger partial charge in [0.2, 0.25) is 10.5 Å². The van der Waals surface area contributed by atoms with Gasteiger partial charge in [-0.05, 0) is 24.7 Å². The molecule has 0 aromatic rings. The zero-order valence-corrected chi connectivity index (χ0v) is 8.92. The van der Waals surface area contributed by atoms with Crippen LogP contribution in [0.5, 0.6) is 0 Å². The fourth-order valence-electron chi connectivity index (χ4n) is 2.30. The summed E-state index contributed by atoms with van der Waals surface area (Å²) < 4.78 is 5.30. The van der Waals surface area contributed by atoms with Crippen molar-refractivity contribution in [2.75, 3.05) is 0 Å². The maximum atomic E-state index is 5.30. The van der Waals surface area contributed by atoms with Gasteiger partial charge in [-0.3, -0.25) is 0 Å². The van der Waals surface area contributed by atoms with Gasteiger partial charge in [0.05, 0.1) is 5.76 Å². The summed E-state index contributed by atoms with van der Waals surface area (Å²) in [4.78, 5) is 0. The van der Waals surface area contributed by atoms with Gasteiger partial charge in [0.25, 0.3) is 0 Å². The van der Waals surface area contributed by atoms with E-state index in [0.717, 1.165) is 28.1 Å². The number of fused-ring (bicyclic) bond motifs is 2. The Morgan fingerprint density at radius 2 is 2.27 bits per heavy atom. The molecule has 1 saturated carbocycles. The molecule has 0 aromatic heterocycles. The topological polar surface area (TPSA) is 9.23 Å². The molecule has 0 amide bonds. The van der Waals surface area contributed by atoms with Crippen LogP contribution < -0.4 is 0 Å². The fraction of sp³-hybridized carbons (Fsp3) is 0.556. The molecule has 0 aliphatic heterocycles. The van der Waals surface area contributed by atoms with Crippen molar-refractivity contribution in [2.45, 2.75) is 12.8 Å². The van der Waals surface area contributed by atoms with E-state index < -0.39 is 0 Å². The van der Waals surface area contributed by atoms with Crippen molar-refractivity contribution in [1.29, 1.82) is 0 Å². The molecule has 2 aliphatic carbocycles. The normalized spacial score (nSPS) is 39.8. The molecule has 2 bridgehead atoms. The maximum Gasteiger partial charge on any atom is 0.203 e. The van der Waals surface area contributed by atoms with Crippen molar-refractivity contribution in [3.8, 4) is 0 Å². The van der Waals surface area contributed by atoms with E-state index in [1.807, 2.05) is 0 Å². The van der Waals surface area contributed by atoms with Gasteiger partial charge in [0, 0.05) is 5.92 Å². The van der Waals surface area contributed by atoms with Crippen LogP contribution in [-0.4, -0.2) is 10.5 Å². The Balaban J connectivity index is 2.08. The minimum atomic E-state index is 0.641. The summed E-state index contributed by atoms with van der Waals surface area (Å²) in [6.07, 6.45) is 7.31. The van der Waals surface area contributed by atoms with Crippen molar-refractivity contribution in [3.63, 3.8) is 0 Å². The number of rotatable bonds is 2. The fourth-order valence-corrected chi connectivity index (χ4v) is 2.61. The summed E-state index contributed by atoms with van der Waals surface area (Å²) in [5.41, 5.74) is 0. The van der Waals surface area contributed by atoms with Crippen LogP contribution >= 0.6 is 0 Å². The lowest BCUT2D eigenvalue weighted by Gasteiger charge is -2.19. The van der Waals surface area contributed by atoms with Gasteiger partial charge in [-0.25, -0.2) is 0 Å². The van der Waals surface area contributed by atoms with Crippen LogP contribution in [0.3, 0.4) is 0 Å². The van der Waals surface area contributed by atoms with Crippen molar-refractivity contribution in [2.24, 2.45) is 17.8 Å². The number of hydrogen-bond donors (Lipinski definition) is 0. The first-order chi connectivity index (χ1) is 5.31. The molecule has 0 radical (unpaired) electrons. The Morgan fingerprint density at radius 1 is 1.45 bits per heavy atom. The highest BCUT2D eigenvalue weighted by molar-refractivity contribution is 5.98. The van der Waals surface area contributed by atoms with E-state index in [0.29, 0.717) is 5.92 Å². The van der Waals surface area contributed by atoms with Crippen LogP contribution in [0.25, 0.3) is 0 Å². The molecule has 0 saturated heterocycles. The Morgan fingerprint density at radius 3 is 2.73 bits per heavy atom. The quantitative estimate of drug-likeness (QED) is 0.338. The molecule has 11 heavy (non-hydrogen) atoms. The lowest BCUT2D eigenvalue weighted by molar-refractivity contribution is 0.343. The predicted molar refractivity (Wildman–Crippen MR) is 49.0 cm³/mol. The molecule has 0 aromatic carbocycles. The average Bonchev–Trinajstić information content (AvgIpc) is 2.62. The summed E-state index contributed by atoms with van der Waals surface area (Å²) in [5, 5.41) is 0. The van der Waals surface area contributed by atoms with E-state index in [-0.39, 0.29) is 0 Å². The van der Waals surface area contributed by atoms with Crippen molar-refractivity contribution in [1.82, 2.24) is 0 Å². The molecule has 0 heterocycles. The third kappa shape index (κ3) is 1.05. The molecule has 0 spiro atoms. The van der Waals surface area contributed by atoms with Crippen molar-refractivity contribution < 1.29 is 4.43 Å². The average molecular weight is 166 g/mol. The Labute approximate surface area is 70.7 Å². The standard InChI is InChI=1S/C9H14OSi/c1-6(10-11)9-5-7-2-3-8(9)4-7/h2-3,7-9H,1,4-5H2,11H3. The minimum Gasteiger partial charge on any atom is -0.556 e. The zero-order valence-electron chi connectivity index (χ0n) is 6.92. The molecule has 0 N–H and O–H groups in total. The second kappa shape index (κ2) is 2.52. The Bertz CT molecular complexity index is 210. The lowest BCUT2D eigenvalue weighted by Crippen LogP contribution is -2.10. The summed E-state index contributed by atoms with van der Waals surface area (Å²) >= 11 is 0. The molecule has 3 unspecified atom stereocenters. The monoisotopic (exact) mass is 166 g/mol. The third-order valence-corrected chi connectivity index (χ3v) is 3.48. The van der Waals surface area contributed by atoms with E-state index in [1.54, 1.807) is 0 Å². The van der Waals surface area contributed by atoms with E-state index in [1.165, 1.54) is 12.8 Å². The number of hydrogen-bond acceptors (Lipinski definition) is 1. The van der Waals surface area contributed by atoms with Gasteiger partial charge in [-0.2, -0.15) is 0 Å². The Kier molecular flexibility index (Phi) is 1.64. The molecular formula is C9H14OSi. The molecule has 2 heteroatoms. The smallest absolute Gasteiger partial charge is 0.203 e. The maximum absolute atomic E-state index is 5.30. The molecular weight excluding hydrogens is 152 g/mol. The molecule has 1 nitrogen and oxygen atoms in total. The van der Waals surface area contributed by atoms with Gasteiger partial charge >= 0.3 is 0 Å². The summed E-state index contributed by atoms with van der Waals surface area (Å²) in [5.74, 6) is 3.26. The largest absolute Gasteiger partial charge is 0.556 e. The van der Waals surface area contributed by atoms with Gasteiger partial charge in [-0.1, -0.05) is 18.7 Å². The van der Waals surface area contributed by atoms with E-state index in [2.05, 4.69) is 18.7 Å². The minimum absolute atomic E-state index is 0.641. The van der Waals surface area contributed by atoms with Crippen LogP contribution in [0.15, 0.2) is 24.5 Å². The van der Waals surface area contributed by atoms with Crippen LogP contribution in [0.1, 0.15) is 12.8 Å². The molecule has 2 rings (SSSR count). The molecule has 60 valence electrons. The van der Waals surface area contributed by atoms with Crippen LogP contribution in [-0.2, 0) is 4.43 Å². The summed E-state index contributed by atoms with van der Waals surface area (Å²) in [7, 11) is 0.793. The first-order valence-corrected chi connectivity index (χ1v) is 5.04. The zero-order chi connectivity index (χ0) is 7.84. The van der Waals surface area contributed by atoms with Gasteiger partial charge < -0.3 is 4.43 Å². The van der Waals surface area contributed by atoms with Gasteiger partial charge in [0.15, 0.2) is 0 Å². The first-order valence-electron chi connectivity index (χ1n) is 4.22. The highest BCUT2D eigenvalue weighted by atomic mass is 28.2. The summed E-state index contributed by atoms with van der Waals surface area (Å²) in [6.45, 7) is 3.95. The van der Waals surface area contributed by atoms with E-state index >= 15 is 0 Å². The van der Waals surface area contributed by atoms with Crippen LogP contribution in [0.4, 0.5) is 0 Å². The van der Waals surface area contributed by atoms with Crippen LogP contribution in [0, 0.1) is 17.8 Å². The van der Waals surface area contributed by atoms with Gasteiger partial charge in [0.1, 0.15) is 0 Å². The van der Waals surface area contributed by atoms with E-state index in [9.17, 15) is 0 Å². The second-order valence-corrected chi connectivity index (χ2v) is 3.97. The second-order valence-electron chi connectivity index (χ2n) is 3.56. The first kappa shape index (κ1) is 7.16. The van der Waals surface area contributed by atoms with Gasteiger partial charge in [-0.15, -0.1) is 0 Å². The molecule has 2 aliphatic rings. The summed E-state index contributed by atoms with van der Waals surface area (Å²) in [6, 6.07) is 0. The van der Waals surface area contributed by atoms with Crippen molar-refractivity contribution in [3.05, 3.63) is 24.5 Å². The predicted octanol–water partition coefficient (Wildman–Crippen LogP) is 1.01. The molecule has 3 atom stereocenters. The van der Waals surface area contributed by atoms with Crippen LogP contribution in [0.2, 0.25) is 0 Å². The Hall–Kier alpha value is -0.503.